The van der Waals surface area contributed by atoms with Gasteiger partial charge in [-0.25, -0.2) is 4.39 Å². The predicted molar refractivity (Wildman–Crippen MR) is 100 cm³/mol. The molecule has 1 aromatic carbocycles. The third-order valence-electron chi connectivity index (χ3n) is 4.57. The largest absolute Gasteiger partial charge is 0.496 e. The molecule has 4 rings (SSSR count). The normalized spacial score (nSPS) is 11.1. The highest BCUT2D eigenvalue weighted by Gasteiger charge is 2.16. The van der Waals surface area contributed by atoms with E-state index in [9.17, 15) is 4.39 Å². The highest BCUT2D eigenvalue weighted by molar-refractivity contribution is 5.78. The van der Waals surface area contributed by atoms with Crippen molar-refractivity contribution in [3.63, 3.8) is 0 Å². The van der Waals surface area contributed by atoms with E-state index in [0.29, 0.717) is 17.0 Å². The second-order valence-corrected chi connectivity index (χ2v) is 6.23. The smallest absolute Gasteiger partial charge is 0.171 e. The van der Waals surface area contributed by atoms with Crippen LogP contribution >= 0.6 is 0 Å². The lowest BCUT2D eigenvalue weighted by atomic mass is 10.1. The monoisotopic (exact) mass is 366 g/mol. The first kappa shape index (κ1) is 17.0. The fourth-order valence-corrected chi connectivity index (χ4v) is 3.26. The van der Waals surface area contributed by atoms with Crippen LogP contribution in [0.25, 0.3) is 16.9 Å². The van der Waals surface area contributed by atoms with Gasteiger partial charge >= 0.3 is 0 Å². The Morgan fingerprint density at radius 1 is 1.22 bits per heavy atom. The van der Waals surface area contributed by atoms with E-state index in [4.69, 9.17) is 4.74 Å². The molecule has 0 spiro atoms. The zero-order valence-electron chi connectivity index (χ0n) is 15.3. The molecule has 0 bridgehead atoms. The molecule has 0 fully saturated rings. The van der Waals surface area contributed by atoms with Crippen LogP contribution < -0.4 is 10.1 Å². The Balaban J connectivity index is 1.71. The third kappa shape index (κ3) is 2.88. The topological polar surface area (TPSA) is 69.3 Å². The van der Waals surface area contributed by atoms with Gasteiger partial charge in [0.2, 0.25) is 0 Å². The Morgan fingerprint density at radius 3 is 2.81 bits per heavy atom. The highest BCUT2D eigenvalue weighted by atomic mass is 19.1. The molecule has 8 heteroatoms. The molecular weight excluding hydrogens is 347 g/mol. The van der Waals surface area contributed by atoms with Gasteiger partial charge in [-0.1, -0.05) is 6.07 Å². The number of hydrogen-bond acceptors (Lipinski definition) is 5. The number of halogens is 1. The van der Waals surface area contributed by atoms with Crippen molar-refractivity contribution in [3.8, 4) is 17.0 Å². The summed E-state index contributed by atoms with van der Waals surface area (Å²) in [6.07, 6.45) is 3.45. The molecule has 0 amide bonds. The van der Waals surface area contributed by atoms with Crippen molar-refractivity contribution in [2.75, 3.05) is 12.4 Å². The maximum Gasteiger partial charge on any atom is 0.171 e. The molecule has 4 aromatic rings. The number of aryl methyl sites for hydroxylation is 2. The number of ether oxygens (including phenoxy) is 1. The highest BCUT2D eigenvalue weighted by Crippen LogP contribution is 2.29. The molecule has 0 aliphatic heterocycles. The summed E-state index contributed by atoms with van der Waals surface area (Å²) in [5, 5.41) is 15.8. The molecule has 0 aliphatic carbocycles. The molecule has 3 heterocycles. The number of rotatable bonds is 5. The number of anilines is 1. The van der Waals surface area contributed by atoms with E-state index in [-0.39, 0.29) is 12.4 Å². The number of nitrogens with one attached hydrogen (secondary N) is 1. The van der Waals surface area contributed by atoms with Gasteiger partial charge in [-0.3, -0.25) is 9.08 Å². The van der Waals surface area contributed by atoms with Crippen molar-refractivity contribution in [1.29, 1.82) is 0 Å². The molecule has 0 saturated carbocycles. The standard InChI is InChI=1S/C19H19FN6O/c1-12-9-23-25(2)18(12)13-7-8-17(26-11-22-24-19(13)26)21-10-14-15(20)5-4-6-16(14)27-3/h4-9,11,21H,10H2,1-3H3. The summed E-state index contributed by atoms with van der Waals surface area (Å²) < 4.78 is 23.1. The summed E-state index contributed by atoms with van der Waals surface area (Å²) in [7, 11) is 3.42. The van der Waals surface area contributed by atoms with Crippen LogP contribution in [0, 0.1) is 12.7 Å². The molecule has 0 saturated heterocycles. The molecule has 138 valence electrons. The summed E-state index contributed by atoms with van der Waals surface area (Å²) >= 11 is 0. The molecule has 27 heavy (non-hydrogen) atoms. The first-order valence-corrected chi connectivity index (χ1v) is 8.47. The predicted octanol–water partition coefficient (Wildman–Crippen LogP) is 3.20. The maximum atomic E-state index is 14.2. The SMILES string of the molecule is COc1cccc(F)c1CNc1ccc(-c2c(C)cnn2C)c2nncn12. The Labute approximate surface area is 155 Å². The molecule has 0 unspecified atom stereocenters. The van der Waals surface area contributed by atoms with Crippen molar-refractivity contribution in [1.82, 2.24) is 24.4 Å². The van der Waals surface area contributed by atoms with Crippen LogP contribution in [-0.4, -0.2) is 31.5 Å². The molecule has 3 aromatic heterocycles. The lowest BCUT2D eigenvalue weighted by Gasteiger charge is -2.14. The second kappa shape index (κ2) is 6.71. The zero-order valence-corrected chi connectivity index (χ0v) is 15.3. The average Bonchev–Trinajstić information content (AvgIpc) is 3.28. The maximum absolute atomic E-state index is 14.2. The Kier molecular flexibility index (Phi) is 4.23. The third-order valence-corrected chi connectivity index (χ3v) is 4.57. The van der Waals surface area contributed by atoms with E-state index in [1.165, 1.54) is 13.2 Å². The number of hydrogen-bond donors (Lipinski definition) is 1. The number of aromatic nitrogens is 5. The van der Waals surface area contributed by atoms with Gasteiger partial charge in [0, 0.05) is 24.7 Å². The van der Waals surface area contributed by atoms with Crippen molar-refractivity contribution < 1.29 is 9.13 Å². The van der Waals surface area contributed by atoms with E-state index in [2.05, 4.69) is 20.6 Å². The quantitative estimate of drug-likeness (QED) is 0.587. The second-order valence-electron chi connectivity index (χ2n) is 6.23. The van der Waals surface area contributed by atoms with Gasteiger partial charge in [-0.15, -0.1) is 10.2 Å². The number of pyridine rings is 1. The van der Waals surface area contributed by atoms with E-state index < -0.39 is 0 Å². The number of fused-ring (bicyclic) bond motifs is 1. The minimum atomic E-state index is -0.316. The molecule has 7 nitrogen and oxygen atoms in total. The lowest BCUT2D eigenvalue weighted by molar-refractivity contribution is 0.405. The number of nitrogens with zero attached hydrogens (tertiary/aromatic N) is 5. The van der Waals surface area contributed by atoms with Crippen molar-refractivity contribution in [3.05, 3.63) is 59.8 Å². The van der Waals surface area contributed by atoms with Gasteiger partial charge in [-0.05, 0) is 36.8 Å². The fraction of sp³-hybridized carbons (Fsp3) is 0.211. The summed E-state index contributed by atoms with van der Waals surface area (Å²) in [6.45, 7) is 2.28. The van der Waals surface area contributed by atoms with Crippen LogP contribution in [0.5, 0.6) is 5.75 Å². The van der Waals surface area contributed by atoms with Crippen LogP contribution in [0.15, 0.2) is 42.9 Å². The summed E-state index contributed by atoms with van der Waals surface area (Å²) in [5.41, 5.74) is 4.13. The molecule has 1 N–H and O–H groups in total. The first-order valence-electron chi connectivity index (χ1n) is 8.47. The Morgan fingerprint density at radius 2 is 2.07 bits per heavy atom. The molecule has 0 radical (unpaired) electrons. The van der Waals surface area contributed by atoms with E-state index >= 15 is 0 Å². The van der Waals surface area contributed by atoms with Gasteiger partial charge in [0.1, 0.15) is 23.7 Å². The number of methoxy groups -OCH3 is 1. The molecule has 0 atom stereocenters. The summed E-state index contributed by atoms with van der Waals surface area (Å²) in [5.74, 6) is 0.942. The number of benzene rings is 1. The molecule has 0 aliphatic rings. The van der Waals surface area contributed by atoms with Crippen LogP contribution in [-0.2, 0) is 13.6 Å². The zero-order chi connectivity index (χ0) is 19.0. The summed E-state index contributed by atoms with van der Waals surface area (Å²) in [6, 6.07) is 8.67. The van der Waals surface area contributed by atoms with E-state index in [1.54, 1.807) is 18.5 Å². The van der Waals surface area contributed by atoms with E-state index in [0.717, 1.165) is 22.6 Å². The molecular formula is C19H19FN6O. The summed E-state index contributed by atoms with van der Waals surface area (Å²) in [4.78, 5) is 0. The fourth-order valence-electron chi connectivity index (χ4n) is 3.26. The van der Waals surface area contributed by atoms with Gasteiger partial charge in [0.05, 0.1) is 19.0 Å². The Bertz CT molecular complexity index is 1100. The average molecular weight is 366 g/mol. The van der Waals surface area contributed by atoms with Gasteiger partial charge < -0.3 is 10.1 Å². The van der Waals surface area contributed by atoms with Crippen LogP contribution in [0.2, 0.25) is 0 Å². The van der Waals surface area contributed by atoms with Crippen molar-refractivity contribution >= 4 is 11.5 Å². The minimum absolute atomic E-state index is 0.271. The minimum Gasteiger partial charge on any atom is -0.496 e. The van der Waals surface area contributed by atoms with Crippen LogP contribution in [0.1, 0.15) is 11.1 Å². The van der Waals surface area contributed by atoms with Gasteiger partial charge in [0.15, 0.2) is 5.65 Å². The Hall–Kier alpha value is -3.42. The van der Waals surface area contributed by atoms with Crippen LogP contribution in [0.4, 0.5) is 10.2 Å². The first-order chi connectivity index (χ1) is 13.1. The van der Waals surface area contributed by atoms with Gasteiger partial charge in [-0.2, -0.15) is 5.10 Å². The van der Waals surface area contributed by atoms with Crippen molar-refractivity contribution in [2.24, 2.45) is 7.05 Å². The van der Waals surface area contributed by atoms with Crippen LogP contribution in [0.3, 0.4) is 0 Å². The lowest BCUT2D eigenvalue weighted by Crippen LogP contribution is -2.08. The van der Waals surface area contributed by atoms with Crippen molar-refractivity contribution in [2.45, 2.75) is 13.5 Å². The van der Waals surface area contributed by atoms with E-state index in [1.807, 2.05) is 41.4 Å². The van der Waals surface area contributed by atoms with Gasteiger partial charge in [0.25, 0.3) is 0 Å².